The maximum Gasteiger partial charge on any atom is 0.324 e. The van der Waals surface area contributed by atoms with E-state index in [2.05, 4.69) is 89.3 Å². The third-order valence-electron chi connectivity index (χ3n) is 17.0. The van der Waals surface area contributed by atoms with Crippen LogP contribution in [0.2, 0.25) is 0 Å². The number of aromatic nitrogens is 2. The van der Waals surface area contributed by atoms with Crippen molar-refractivity contribution < 1.29 is 37.8 Å². The van der Waals surface area contributed by atoms with E-state index in [1.807, 2.05) is 39.1 Å². The normalized spacial score (nSPS) is 21.8. The molecule has 0 aliphatic carbocycles. The maximum absolute atomic E-state index is 14.9. The lowest BCUT2D eigenvalue weighted by molar-refractivity contribution is -0.155. The summed E-state index contributed by atoms with van der Waals surface area (Å²) in [4.78, 5) is 85.4. The molecule has 2 N–H and O–H groups in total. The first-order valence-corrected chi connectivity index (χ1v) is 28.1. The van der Waals surface area contributed by atoms with Gasteiger partial charge in [0.2, 0.25) is 11.8 Å². The molecule has 7 heterocycles. The van der Waals surface area contributed by atoms with Gasteiger partial charge in [-0.1, -0.05) is 58.0 Å². The summed E-state index contributed by atoms with van der Waals surface area (Å²) in [5.41, 5.74) is 11.5. The molecule has 4 fully saturated rings. The highest BCUT2D eigenvalue weighted by molar-refractivity contribution is 5.96. The molecule has 0 unspecified atom stereocenters. The minimum Gasteiger partial charge on any atom is -0.464 e. The maximum atomic E-state index is 14.9. The number of benzene rings is 2. The number of piperidine rings is 1. The van der Waals surface area contributed by atoms with Gasteiger partial charge in [0.1, 0.15) is 24.8 Å². The number of carbonyl (C=O) groups is 5. The van der Waals surface area contributed by atoms with Crippen molar-refractivity contribution >= 4 is 46.3 Å². The SMILES string of the molecule is CCn1c(-c2cc(N3CCN(C)CC3)cnc2[C@H](C)OC)c2c3cc(ccc31)-c1cccc(c1)C[C@H](NC(=O)[C@H](C(C)C)N(C)C(=O)N1CCC3(CC1)CN(C(=O)/C=C/CF)C3)C(=O)N1CCC[C@H](N1)C(=O)OCC(C)(C)C2. The van der Waals surface area contributed by atoms with Gasteiger partial charge in [-0.15, -0.1) is 0 Å². The molecule has 17 nitrogen and oxygen atoms in total. The predicted molar refractivity (Wildman–Crippen MR) is 300 cm³/mol. The number of fused-ring (bicyclic) bond motifs is 6. The number of nitrogens with zero attached hydrogens (tertiary/aromatic N) is 8. The number of esters is 1. The predicted octanol–water partition coefficient (Wildman–Crippen LogP) is 7.02. The number of hydrogen-bond acceptors (Lipinski definition) is 11. The Morgan fingerprint density at radius 2 is 1.71 bits per heavy atom. The minimum absolute atomic E-state index is 0.0951. The zero-order chi connectivity index (χ0) is 55.6. The van der Waals surface area contributed by atoms with Gasteiger partial charge in [0.05, 0.1) is 36.0 Å². The van der Waals surface area contributed by atoms with Crippen LogP contribution >= 0.6 is 0 Å². The van der Waals surface area contributed by atoms with E-state index in [1.165, 1.54) is 22.1 Å². The molecule has 2 aromatic carbocycles. The molecule has 18 heteroatoms. The molecule has 0 saturated carbocycles. The monoisotopic (exact) mass is 1070 g/mol. The van der Waals surface area contributed by atoms with Gasteiger partial charge in [0, 0.05) is 119 Å². The number of urea groups is 1. The van der Waals surface area contributed by atoms with Gasteiger partial charge >= 0.3 is 12.0 Å². The molecule has 9 rings (SSSR count). The summed E-state index contributed by atoms with van der Waals surface area (Å²) < 4.78 is 27.3. The van der Waals surface area contributed by atoms with Crippen LogP contribution in [-0.2, 0) is 48.0 Å². The summed E-state index contributed by atoms with van der Waals surface area (Å²) in [7, 11) is 5.51. The van der Waals surface area contributed by atoms with Crippen LogP contribution < -0.4 is 15.6 Å². The second-order valence-corrected chi connectivity index (χ2v) is 23.6. The Kier molecular flexibility index (Phi) is 17.0. The van der Waals surface area contributed by atoms with Crippen LogP contribution in [0.3, 0.4) is 0 Å². The second kappa shape index (κ2) is 23.5. The van der Waals surface area contributed by atoms with Crippen LogP contribution in [0.4, 0.5) is 14.9 Å². The number of cyclic esters (lactones) is 1. The van der Waals surface area contributed by atoms with E-state index in [4.69, 9.17) is 14.5 Å². The van der Waals surface area contributed by atoms with Crippen molar-refractivity contribution in [2.45, 2.75) is 111 Å². The van der Waals surface area contributed by atoms with Crippen molar-refractivity contribution in [1.29, 1.82) is 0 Å². The molecule has 0 radical (unpaired) electrons. The molecule has 2 aromatic heterocycles. The first-order chi connectivity index (χ1) is 37.3. The topological polar surface area (TPSA) is 165 Å². The zero-order valence-electron chi connectivity index (χ0n) is 47.3. The molecule has 5 aliphatic rings. The van der Waals surface area contributed by atoms with Crippen LogP contribution in [0.15, 0.2) is 66.9 Å². The van der Waals surface area contributed by atoms with Crippen LogP contribution in [0.25, 0.3) is 33.3 Å². The molecular weight excluding hydrogens is 992 g/mol. The number of alkyl halides is 1. The number of methoxy groups -OCH3 is 1. The molecule has 4 aromatic rings. The van der Waals surface area contributed by atoms with Crippen molar-refractivity contribution in [2.24, 2.45) is 16.7 Å². The van der Waals surface area contributed by atoms with Gasteiger partial charge in [0.25, 0.3) is 5.91 Å². The Bertz CT molecular complexity index is 2900. The van der Waals surface area contributed by atoms with Gasteiger partial charge < -0.3 is 43.9 Å². The number of nitrogens with one attached hydrogen (secondary N) is 2. The number of anilines is 1. The molecule has 420 valence electrons. The Hall–Kier alpha value is -6.37. The highest BCUT2D eigenvalue weighted by atomic mass is 19.1. The number of pyridine rings is 1. The number of allylic oxidation sites excluding steroid dienone is 1. The number of rotatable bonds is 11. The van der Waals surface area contributed by atoms with E-state index < -0.39 is 48.0 Å². The average Bonchev–Trinajstić information content (AvgIpc) is 3.82. The highest BCUT2D eigenvalue weighted by Crippen LogP contribution is 2.44. The summed E-state index contributed by atoms with van der Waals surface area (Å²) in [6.07, 6.45) is 7.29. The molecule has 4 atom stereocenters. The molecular formula is C60H81FN10O7. The van der Waals surface area contributed by atoms with E-state index in [-0.39, 0.29) is 42.4 Å². The summed E-state index contributed by atoms with van der Waals surface area (Å²) in [5, 5.41) is 5.64. The lowest BCUT2D eigenvalue weighted by Crippen LogP contribution is -2.64. The fourth-order valence-corrected chi connectivity index (χ4v) is 12.4. The summed E-state index contributed by atoms with van der Waals surface area (Å²) in [5.74, 6) is -1.83. The fraction of sp³-hybridized carbons (Fsp3) is 0.567. The van der Waals surface area contributed by atoms with E-state index in [0.29, 0.717) is 71.4 Å². The van der Waals surface area contributed by atoms with Crippen molar-refractivity contribution in [3.8, 4) is 22.4 Å². The third kappa shape index (κ3) is 11.8. The number of amides is 5. The number of likely N-dealkylation sites (N-methyl/N-ethyl adjacent to an activating group) is 2. The van der Waals surface area contributed by atoms with Crippen LogP contribution in [0, 0.1) is 16.7 Å². The Morgan fingerprint density at radius 3 is 2.40 bits per heavy atom. The number of halogens is 1. The molecule has 5 amide bonds. The lowest BCUT2D eigenvalue weighted by atomic mass is 9.72. The largest absolute Gasteiger partial charge is 0.464 e. The average molecular weight is 1070 g/mol. The number of hydrogen-bond donors (Lipinski definition) is 2. The standard InChI is InChI=1S/C60H81FN10O7/c1-10-70-50-19-18-43-32-45(50)47(54(70)46-33-44(35-62-52(46)40(4)77-9)67-28-26-65(7)27-29-67)34-59(5,6)38-78-57(75)48-16-13-23-71(64-48)56(74)49(31-41-14-11-15-42(43)30-41)63-55(73)53(39(2)3)66(8)58(76)68-24-20-60(21-25-68)36-69(37-60)51(72)17-12-22-61/h11-12,14-15,17-19,30,32-33,35,39-40,48-49,53,64H,10,13,16,20-29,31,34,36-38H2,1-9H3,(H,63,73)/b17-12+/t40-,48-,49-,53-/m0/s1. The summed E-state index contributed by atoms with van der Waals surface area (Å²) >= 11 is 0. The van der Waals surface area contributed by atoms with Crippen molar-refractivity contribution in [3.63, 3.8) is 0 Å². The first kappa shape index (κ1) is 56.4. The number of likely N-dealkylation sites (tertiary alicyclic amines) is 2. The van der Waals surface area contributed by atoms with Gasteiger partial charge in [-0.25, -0.2) is 14.6 Å². The van der Waals surface area contributed by atoms with Gasteiger partial charge in [0.15, 0.2) is 0 Å². The number of aryl methyl sites for hydroxylation is 1. The number of hydrazine groups is 1. The molecule has 6 bridgehead atoms. The van der Waals surface area contributed by atoms with Crippen LogP contribution in [0.1, 0.15) is 90.2 Å². The van der Waals surface area contributed by atoms with Crippen molar-refractivity contribution in [1.82, 2.24) is 44.9 Å². The second-order valence-electron chi connectivity index (χ2n) is 23.6. The highest BCUT2D eigenvalue weighted by Gasteiger charge is 2.48. The van der Waals surface area contributed by atoms with E-state index in [1.54, 1.807) is 24.0 Å². The van der Waals surface area contributed by atoms with E-state index in [0.717, 1.165) is 82.0 Å². The van der Waals surface area contributed by atoms with Gasteiger partial charge in [-0.3, -0.25) is 29.2 Å². The quantitative estimate of drug-likeness (QED) is 0.117. The van der Waals surface area contributed by atoms with Crippen LogP contribution in [-0.4, -0.2) is 175 Å². The molecule has 5 aliphatic heterocycles. The Balaban J connectivity index is 1.04. The minimum atomic E-state index is -1.06. The van der Waals surface area contributed by atoms with Crippen molar-refractivity contribution in [2.75, 3.05) is 98.3 Å². The van der Waals surface area contributed by atoms with Crippen molar-refractivity contribution in [3.05, 3.63) is 83.7 Å². The van der Waals surface area contributed by atoms with Gasteiger partial charge in [-0.05, 0) is 105 Å². The number of carbonyl (C=O) groups excluding carboxylic acids is 5. The summed E-state index contributed by atoms with van der Waals surface area (Å²) in [6.45, 7) is 18.4. The lowest BCUT2D eigenvalue weighted by Gasteiger charge is -2.54. The third-order valence-corrected chi connectivity index (χ3v) is 17.0. The number of ether oxygens (including phenoxy) is 2. The Morgan fingerprint density at radius 1 is 0.974 bits per heavy atom. The van der Waals surface area contributed by atoms with E-state index >= 15 is 0 Å². The smallest absolute Gasteiger partial charge is 0.324 e. The fourth-order valence-electron chi connectivity index (χ4n) is 12.4. The summed E-state index contributed by atoms with van der Waals surface area (Å²) in [6, 6.07) is 13.9. The zero-order valence-corrected chi connectivity index (χ0v) is 47.3. The van der Waals surface area contributed by atoms with Crippen LogP contribution in [0.5, 0.6) is 0 Å². The van der Waals surface area contributed by atoms with E-state index in [9.17, 15) is 28.4 Å². The van der Waals surface area contributed by atoms with Gasteiger partial charge in [-0.2, -0.15) is 0 Å². The molecule has 4 saturated heterocycles. The Labute approximate surface area is 459 Å². The number of piperazine rings is 1. The first-order valence-electron chi connectivity index (χ1n) is 28.1. The molecule has 1 spiro atoms. The molecule has 78 heavy (non-hydrogen) atoms.